The standard InChI is InChI=1S/C68H106O36/c1-63(2)13-15-68(62(90)104-60-52(38(77)29(74)22-93-60)102-57-48(87)49(99-58-45(84)41(80)39(78)30(18-69)95-58)32(23-94-57)97-55-43(82)36(75)27(72)20-91-55)16-14-66(5)25(26(68)17-63)7-8-34-64(3)11-10-35(65(4,24-71)33(64)9-12-67(34,66)6)98-61-53(103-59-46(85)42(81)40(79)31(19-70)96-59)50(47(86)51(101-61)54(88)89)100-56-44(83)37(76)28(73)21-92-56/h7,24,26-53,55-61,69-70,72-87H,8-23H2,1-6H3,(H,88,89)/t26-,27-,28-,29-,30?,31?,32-,33?,34?,35-,36-,37-,38-,39-,40-,41-,42-,43?,44?,45?,46?,47+,48?,49-,50-,51?,52?,53?,55-,56-,57-,58-,59-,60-,61+,64-,65-,66+,67+,68-/m0/s1. The maximum absolute atomic E-state index is 15.7. The Labute approximate surface area is 598 Å². The molecule has 5 aliphatic carbocycles. The van der Waals surface area contributed by atoms with Crippen LogP contribution in [0.4, 0.5) is 0 Å². The quantitative estimate of drug-likeness (QED) is 0.0262. The monoisotopic (exact) mass is 1500 g/mol. The fourth-order valence-electron chi connectivity index (χ4n) is 19.6. The second-order valence-electron chi connectivity index (χ2n) is 32.6. The van der Waals surface area contributed by atoms with Crippen LogP contribution in [-0.2, 0) is 80.7 Å². The minimum Gasteiger partial charge on any atom is -0.479 e. The van der Waals surface area contributed by atoms with E-state index >= 15 is 4.79 Å². The molecule has 40 atom stereocenters. The lowest BCUT2D eigenvalue weighted by Gasteiger charge is -2.71. The van der Waals surface area contributed by atoms with Crippen LogP contribution in [0.3, 0.4) is 0 Å². The summed E-state index contributed by atoms with van der Waals surface area (Å²) in [5.41, 5.74) is -3.57. The minimum atomic E-state index is -2.21. The van der Waals surface area contributed by atoms with Gasteiger partial charge in [0.2, 0.25) is 6.29 Å². The van der Waals surface area contributed by atoms with Gasteiger partial charge >= 0.3 is 11.9 Å². The predicted molar refractivity (Wildman–Crippen MR) is 338 cm³/mol. The van der Waals surface area contributed by atoms with Crippen LogP contribution in [0.15, 0.2) is 11.6 Å². The number of aliphatic hydroxyl groups is 18. The zero-order valence-electron chi connectivity index (χ0n) is 58.6. The van der Waals surface area contributed by atoms with Crippen molar-refractivity contribution in [2.24, 2.45) is 50.2 Å². The lowest BCUT2D eigenvalue weighted by atomic mass is 9.33. The highest BCUT2D eigenvalue weighted by Crippen LogP contribution is 2.76. The highest BCUT2D eigenvalue weighted by atomic mass is 16.8. The number of esters is 1. The van der Waals surface area contributed by atoms with Crippen molar-refractivity contribution in [1.29, 1.82) is 0 Å². The molecule has 36 heteroatoms. The number of aliphatic carboxylic acids is 1. The summed E-state index contributed by atoms with van der Waals surface area (Å²) in [4.78, 5) is 42.9. The van der Waals surface area contributed by atoms with Crippen molar-refractivity contribution in [1.82, 2.24) is 0 Å². The van der Waals surface area contributed by atoms with E-state index in [9.17, 15) is 107 Å². The Bertz CT molecular complexity index is 3020. The van der Waals surface area contributed by atoms with E-state index in [0.29, 0.717) is 57.8 Å². The maximum Gasteiger partial charge on any atom is 0.335 e. The third-order valence-electron chi connectivity index (χ3n) is 26.2. The Kier molecular flexibility index (Phi) is 23.8. The normalized spacial score (nSPS) is 54.0. The highest BCUT2D eigenvalue weighted by Gasteiger charge is 2.71. The third kappa shape index (κ3) is 14.0. The number of carboxylic acids is 1. The molecule has 12 unspecified atom stereocenters. The first-order chi connectivity index (χ1) is 48.9. The number of aliphatic hydroxyl groups excluding tert-OH is 18. The van der Waals surface area contributed by atoms with Gasteiger partial charge in [0, 0.05) is 0 Å². The van der Waals surface area contributed by atoms with Crippen LogP contribution >= 0.6 is 0 Å². The first-order valence-corrected chi connectivity index (χ1v) is 36.0. The number of aldehydes is 1. The number of carbonyl (C=O) groups is 3. The first kappa shape index (κ1) is 80.6. The van der Waals surface area contributed by atoms with Crippen LogP contribution in [-0.4, -0.2) is 352 Å². The van der Waals surface area contributed by atoms with E-state index in [1.54, 1.807) is 6.92 Å². The van der Waals surface area contributed by atoms with Crippen molar-refractivity contribution < 1.29 is 178 Å². The Morgan fingerprint density at radius 2 is 0.990 bits per heavy atom. The molecule has 594 valence electrons. The predicted octanol–water partition coefficient (Wildman–Crippen LogP) is -6.74. The fourth-order valence-corrected chi connectivity index (χ4v) is 19.6. The number of ether oxygens (including phenoxy) is 14. The molecule has 7 heterocycles. The molecule has 0 aromatic heterocycles. The fraction of sp³-hybridized carbons (Fsp3) is 0.926. The van der Waals surface area contributed by atoms with Gasteiger partial charge in [0.25, 0.3) is 0 Å². The average molecular weight is 1500 g/mol. The van der Waals surface area contributed by atoms with Gasteiger partial charge in [-0.2, -0.15) is 0 Å². The maximum atomic E-state index is 15.7. The molecular formula is C68H106O36. The molecule has 4 saturated carbocycles. The van der Waals surface area contributed by atoms with E-state index in [4.69, 9.17) is 66.3 Å². The molecule has 0 radical (unpaired) electrons. The van der Waals surface area contributed by atoms with Crippen LogP contribution < -0.4 is 0 Å². The molecule has 0 spiro atoms. The molecule has 7 aliphatic heterocycles. The molecule has 12 aliphatic rings. The third-order valence-corrected chi connectivity index (χ3v) is 26.2. The number of rotatable bonds is 18. The van der Waals surface area contributed by atoms with Crippen molar-refractivity contribution >= 4 is 18.2 Å². The van der Waals surface area contributed by atoms with Gasteiger partial charge in [-0.1, -0.05) is 53.2 Å². The van der Waals surface area contributed by atoms with Crippen molar-refractivity contribution in [2.75, 3.05) is 39.6 Å². The largest absolute Gasteiger partial charge is 0.479 e. The van der Waals surface area contributed by atoms with E-state index in [1.165, 1.54) is 0 Å². The summed E-state index contributed by atoms with van der Waals surface area (Å²) in [7, 11) is 0. The van der Waals surface area contributed by atoms with Gasteiger partial charge in [0.1, 0.15) is 141 Å². The zero-order valence-corrected chi connectivity index (χ0v) is 58.6. The van der Waals surface area contributed by atoms with Crippen molar-refractivity contribution in [2.45, 2.75) is 302 Å². The summed E-state index contributed by atoms with van der Waals surface area (Å²) in [6.07, 6.45) is -51.0. The lowest BCUT2D eigenvalue weighted by Crippen LogP contribution is -2.68. The molecule has 7 saturated heterocycles. The molecule has 104 heavy (non-hydrogen) atoms. The lowest BCUT2D eigenvalue weighted by molar-refractivity contribution is -0.391. The van der Waals surface area contributed by atoms with E-state index in [-0.39, 0.29) is 17.8 Å². The van der Waals surface area contributed by atoms with Crippen LogP contribution in [0, 0.1) is 50.2 Å². The van der Waals surface area contributed by atoms with Gasteiger partial charge in [0.05, 0.1) is 56.6 Å². The van der Waals surface area contributed by atoms with Crippen molar-refractivity contribution in [3.8, 4) is 0 Å². The van der Waals surface area contributed by atoms with Gasteiger partial charge in [0.15, 0.2) is 49.9 Å². The summed E-state index contributed by atoms with van der Waals surface area (Å²) in [5.74, 6) is -3.41. The van der Waals surface area contributed by atoms with E-state index in [1.807, 2.05) is 0 Å². The summed E-state index contributed by atoms with van der Waals surface area (Å²) < 4.78 is 83.9. The Morgan fingerprint density at radius 1 is 0.481 bits per heavy atom. The number of hydrogen-bond acceptors (Lipinski definition) is 35. The molecule has 0 amide bonds. The van der Waals surface area contributed by atoms with Crippen LogP contribution in [0.5, 0.6) is 0 Å². The second kappa shape index (κ2) is 30.7. The summed E-state index contributed by atoms with van der Waals surface area (Å²) in [6.45, 7) is 8.63. The molecule has 12 rings (SSSR count). The van der Waals surface area contributed by atoms with Gasteiger partial charge in [-0.25, -0.2) is 4.79 Å². The van der Waals surface area contributed by atoms with E-state index < -0.39 is 287 Å². The van der Waals surface area contributed by atoms with Crippen molar-refractivity contribution in [3.05, 3.63) is 11.6 Å². The SMILES string of the molecule is CC1(C)CC[C@]2(C(=O)O[C@@H]3OC[C@H](O)[C@H](O)C3O[C@@H]3OC[C@H](O[C@@H]4OC[C@H](O)[C@H](O)C4O)[C@H](O[C@@H]4OC(CO)[C@H](O)[C@H](O)C4O)C3O)CC[C@]3(C)C(=CCC4[C@@]5(C)CC[C@H](O[C@@H]6OC(C(=O)O)[C@H](O)[C@H](O[C@@H]7OC[C@H](O)[C@H](O)C7O)C6O[C@@H]6OC(CO)[C@H](O)[C@H](O)C6O)[C@@](C)(C=O)C5CC[C@]43C)[C@@H]2C1. The van der Waals surface area contributed by atoms with Crippen LogP contribution in [0.25, 0.3) is 0 Å². The Balaban J connectivity index is 0.794. The molecular weight excluding hydrogens is 1390 g/mol. The van der Waals surface area contributed by atoms with Crippen LogP contribution in [0.1, 0.15) is 106 Å². The molecule has 0 bridgehead atoms. The number of allylic oxidation sites excluding steroid dienone is 2. The van der Waals surface area contributed by atoms with Gasteiger partial charge in [-0.15, -0.1) is 0 Å². The topological polar surface area (TPSA) is 565 Å². The second-order valence-corrected chi connectivity index (χ2v) is 32.6. The molecule has 11 fully saturated rings. The van der Waals surface area contributed by atoms with Gasteiger partial charge in [-0.05, 0) is 104 Å². The molecule has 19 N–H and O–H groups in total. The first-order valence-electron chi connectivity index (χ1n) is 36.0. The number of carboxylic acid groups (broad SMARTS) is 1. The summed E-state index contributed by atoms with van der Waals surface area (Å²) >= 11 is 0. The Morgan fingerprint density at radius 3 is 1.57 bits per heavy atom. The minimum absolute atomic E-state index is 0.121. The van der Waals surface area contributed by atoms with E-state index in [0.717, 1.165) is 11.9 Å². The highest BCUT2D eigenvalue weighted by molar-refractivity contribution is 5.79. The zero-order chi connectivity index (χ0) is 75.6. The summed E-state index contributed by atoms with van der Waals surface area (Å²) in [6, 6.07) is 0. The van der Waals surface area contributed by atoms with Crippen LogP contribution in [0.2, 0.25) is 0 Å². The smallest absolute Gasteiger partial charge is 0.335 e. The van der Waals surface area contributed by atoms with Gasteiger partial charge in [-0.3, -0.25) is 4.79 Å². The van der Waals surface area contributed by atoms with Crippen molar-refractivity contribution in [3.63, 3.8) is 0 Å². The molecule has 0 aromatic rings. The summed E-state index contributed by atoms with van der Waals surface area (Å²) in [5, 5.41) is 206. The number of hydrogen-bond donors (Lipinski definition) is 19. The van der Waals surface area contributed by atoms with Gasteiger partial charge < -0.3 is 168 Å². The van der Waals surface area contributed by atoms with E-state index in [2.05, 4.69) is 40.7 Å². The number of carbonyl (C=O) groups excluding carboxylic acids is 2. The average Bonchev–Trinajstić information content (AvgIpc) is 0.674. The molecule has 0 aromatic carbocycles. The molecule has 36 nitrogen and oxygen atoms in total. The Hall–Kier alpha value is -2.89. The number of fused-ring (bicyclic) bond motifs is 7.